The van der Waals surface area contributed by atoms with E-state index in [1.165, 1.54) is 30.8 Å². The SMILES string of the molecule is C1CCSCC1.F. The van der Waals surface area contributed by atoms with Gasteiger partial charge in [0.25, 0.3) is 0 Å². The predicted molar refractivity (Wildman–Crippen MR) is 33.7 cm³/mol. The quantitative estimate of drug-likeness (QED) is 0.474. The molecule has 1 saturated heterocycles. The van der Waals surface area contributed by atoms with Crippen LogP contribution in [0, 0.1) is 0 Å². The second-order valence-electron chi connectivity index (χ2n) is 1.67. The second-order valence-corrected chi connectivity index (χ2v) is 2.90. The normalized spacial score (nSPS) is 20.6. The summed E-state index contributed by atoms with van der Waals surface area (Å²) in [5.74, 6) is 2.83. The lowest BCUT2D eigenvalue weighted by molar-refractivity contribution is 0.764. The van der Waals surface area contributed by atoms with Crippen LogP contribution in [-0.2, 0) is 0 Å². The van der Waals surface area contributed by atoms with Gasteiger partial charge in [0.2, 0.25) is 0 Å². The highest BCUT2D eigenvalue weighted by Gasteiger charge is 1.95. The Balaban J connectivity index is 0.000000360. The van der Waals surface area contributed by atoms with E-state index in [1.807, 2.05) is 0 Å². The second kappa shape index (κ2) is 4.44. The Hall–Kier alpha value is 0.280. The van der Waals surface area contributed by atoms with E-state index in [9.17, 15) is 0 Å². The zero-order valence-electron chi connectivity index (χ0n) is 4.35. The largest absolute Gasteiger partial charge is 0.269 e. The van der Waals surface area contributed by atoms with Gasteiger partial charge in [-0.15, -0.1) is 0 Å². The Bertz CT molecular complexity index is 23.6. The summed E-state index contributed by atoms with van der Waals surface area (Å²) in [5.41, 5.74) is 0. The van der Waals surface area contributed by atoms with Crippen LogP contribution in [0.25, 0.3) is 0 Å². The van der Waals surface area contributed by atoms with Gasteiger partial charge in [0.05, 0.1) is 0 Å². The molecule has 0 amide bonds. The van der Waals surface area contributed by atoms with Crippen molar-refractivity contribution < 1.29 is 4.70 Å². The summed E-state index contributed by atoms with van der Waals surface area (Å²) < 4.78 is 0. The highest BCUT2D eigenvalue weighted by molar-refractivity contribution is 7.99. The van der Waals surface area contributed by atoms with Crippen molar-refractivity contribution in [1.82, 2.24) is 0 Å². The van der Waals surface area contributed by atoms with Gasteiger partial charge in [-0.25, -0.2) is 0 Å². The fraction of sp³-hybridized carbons (Fsp3) is 1.00. The summed E-state index contributed by atoms with van der Waals surface area (Å²) in [5, 5.41) is 0. The maximum absolute atomic E-state index is 2.09. The van der Waals surface area contributed by atoms with Crippen LogP contribution in [0.1, 0.15) is 19.3 Å². The summed E-state index contributed by atoms with van der Waals surface area (Å²) in [4.78, 5) is 0. The van der Waals surface area contributed by atoms with Gasteiger partial charge in [-0.2, -0.15) is 11.8 Å². The summed E-state index contributed by atoms with van der Waals surface area (Å²) in [7, 11) is 0. The van der Waals surface area contributed by atoms with Gasteiger partial charge < -0.3 is 0 Å². The molecule has 0 bridgehead atoms. The van der Waals surface area contributed by atoms with Crippen molar-refractivity contribution in [1.29, 1.82) is 0 Å². The first kappa shape index (κ1) is 7.28. The third-order valence-electron chi connectivity index (χ3n) is 1.08. The van der Waals surface area contributed by atoms with Crippen LogP contribution in [0.5, 0.6) is 0 Å². The number of hydrogen-bond donors (Lipinski definition) is 0. The molecule has 44 valence electrons. The van der Waals surface area contributed by atoms with Gasteiger partial charge in [0.15, 0.2) is 0 Å². The van der Waals surface area contributed by atoms with Gasteiger partial charge >= 0.3 is 0 Å². The Labute approximate surface area is 48.0 Å². The van der Waals surface area contributed by atoms with Crippen molar-refractivity contribution in [3.63, 3.8) is 0 Å². The van der Waals surface area contributed by atoms with Gasteiger partial charge in [0.1, 0.15) is 0 Å². The lowest BCUT2D eigenvalue weighted by Gasteiger charge is -2.05. The first-order valence-electron chi connectivity index (χ1n) is 2.58. The molecule has 0 aromatic heterocycles. The third-order valence-corrected chi connectivity index (χ3v) is 2.23. The minimum atomic E-state index is 0. The molecule has 0 N–H and O–H groups in total. The zero-order valence-corrected chi connectivity index (χ0v) is 5.17. The fourth-order valence-corrected chi connectivity index (χ4v) is 1.71. The number of halogens is 1. The minimum Gasteiger partial charge on any atom is -0.269 e. The van der Waals surface area contributed by atoms with Crippen molar-refractivity contribution in [2.45, 2.75) is 19.3 Å². The molecule has 0 saturated carbocycles. The standard InChI is InChI=1S/C5H10S.FH/c1-2-4-6-5-3-1;/h1-5H2;1H. The highest BCUT2D eigenvalue weighted by atomic mass is 32.2. The van der Waals surface area contributed by atoms with Gasteiger partial charge in [-0.1, -0.05) is 6.42 Å². The summed E-state index contributed by atoms with van der Waals surface area (Å²) in [6.45, 7) is 0. The molecular formula is C5H11FS. The van der Waals surface area contributed by atoms with E-state index in [0.717, 1.165) is 0 Å². The molecule has 0 unspecified atom stereocenters. The summed E-state index contributed by atoms with van der Waals surface area (Å²) in [6.07, 6.45) is 4.41. The fourth-order valence-electron chi connectivity index (χ4n) is 0.687. The van der Waals surface area contributed by atoms with Crippen LogP contribution >= 0.6 is 11.8 Å². The predicted octanol–water partition coefficient (Wildman–Crippen LogP) is 2.06. The molecule has 1 heterocycles. The summed E-state index contributed by atoms with van der Waals surface area (Å²) in [6, 6.07) is 0. The zero-order chi connectivity index (χ0) is 4.24. The minimum absolute atomic E-state index is 0. The molecule has 0 aliphatic carbocycles. The number of hydrogen-bond acceptors (Lipinski definition) is 1. The van der Waals surface area contributed by atoms with E-state index < -0.39 is 0 Å². The maximum atomic E-state index is 2.09. The summed E-state index contributed by atoms with van der Waals surface area (Å²) >= 11 is 2.09. The number of thioether (sulfide) groups is 1. The monoisotopic (exact) mass is 122 g/mol. The number of rotatable bonds is 0. The Morgan fingerprint density at radius 3 is 1.57 bits per heavy atom. The molecule has 1 rings (SSSR count). The topological polar surface area (TPSA) is 0 Å². The molecule has 0 atom stereocenters. The van der Waals surface area contributed by atoms with Crippen LogP contribution in [0.3, 0.4) is 0 Å². The average molecular weight is 122 g/mol. The average Bonchev–Trinajstić information content (AvgIpc) is 1.72. The van der Waals surface area contributed by atoms with E-state index in [4.69, 9.17) is 0 Å². The highest BCUT2D eigenvalue weighted by Crippen LogP contribution is 2.14. The van der Waals surface area contributed by atoms with Crippen molar-refractivity contribution in [3.8, 4) is 0 Å². The van der Waals surface area contributed by atoms with E-state index in [-0.39, 0.29) is 4.70 Å². The molecule has 1 fully saturated rings. The molecule has 0 aromatic rings. The van der Waals surface area contributed by atoms with Crippen LogP contribution in [-0.4, -0.2) is 11.5 Å². The molecule has 2 heteroatoms. The van der Waals surface area contributed by atoms with Gasteiger partial charge in [-0.3, -0.25) is 4.70 Å². The smallest absolute Gasteiger partial charge is 0.00675 e. The van der Waals surface area contributed by atoms with Crippen molar-refractivity contribution in [2.24, 2.45) is 0 Å². The molecule has 0 radical (unpaired) electrons. The molecule has 1 aliphatic rings. The maximum Gasteiger partial charge on any atom is -0.00675 e. The van der Waals surface area contributed by atoms with E-state index >= 15 is 0 Å². The lowest BCUT2D eigenvalue weighted by Crippen LogP contribution is -1.91. The Kier molecular flexibility index (Phi) is 4.62. The third kappa shape index (κ3) is 2.92. The van der Waals surface area contributed by atoms with Gasteiger partial charge in [0, 0.05) is 0 Å². The van der Waals surface area contributed by atoms with Crippen LogP contribution in [0.15, 0.2) is 0 Å². The van der Waals surface area contributed by atoms with Gasteiger partial charge in [-0.05, 0) is 24.3 Å². The van der Waals surface area contributed by atoms with Crippen LogP contribution < -0.4 is 0 Å². The van der Waals surface area contributed by atoms with Crippen molar-refractivity contribution >= 4 is 11.8 Å². The molecule has 0 nitrogen and oxygen atoms in total. The van der Waals surface area contributed by atoms with E-state index in [0.29, 0.717) is 0 Å². The molecular weight excluding hydrogens is 111 g/mol. The molecule has 1 aliphatic heterocycles. The van der Waals surface area contributed by atoms with Crippen LogP contribution in [0.2, 0.25) is 0 Å². The Morgan fingerprint density at radius 1 is 0.857 bits per heavy atom. The Morgan fingerprint density at radius 2 is 1.43 bits per heavy atom. The van der Waals surface area contributed by atoms with E-state index in [1.54, 1.807) is 0 Å². The van der Waals surface area contributed by atoms with Crippen molar-refractivity contribution in [3.05, 3.63) is 0 Å². The molecule has 0 aromatic carbocycles. The first-order chi connectivity index (χ1) is 3.00. The van der Waals surface area contributed by atoms with Crippen molar-refractivity contribution in [2.75, 3.05) is 11.5 Å². The molecule has 0 spiro atoms. The van der Waals surface area contributed by atoms with E-state index in [2.05, 4.69) is 11.8 Å². The first-order valence-corrected chi connectivity index (χ1v) is 3.73. The van der Waals surface area contributed by atoms with Crippen LogP contribution in [0.4, 0.5) is 4.70 Å². The molecule has 7 heavy (non-hydrogen) atoms. The lowest BCUT2D eigenvalue weighted by atomic mass is 10.3.